The van der Waals surface area contributed by atoms with Gasteiger partial charge in [-0.25, -0.2) is 0 Å². The molecule has 2 saturated heterocycles. The third-order valence-corrected chi connectivity index (χ3v) is 4.19. The van der Waals surface area contributed by atoms with Crippen LogP contribution in [0, 0.1) is 11.3 Å². The molecule has 2 aliphatic rings. The van der Waals surface area contributed by atoms with Crippen LogP contribution in [0.5, 0.6) is 0 Å². The van der Waals surface area contributed by atoms with Crippen molar-refractivity contribution in [1.82, 2.24) is 4.90 Å². The van der Waals surface area contributed by atoms with Crippen LogP contribution in [-0.2, 0) is 9.53 Å². The van der Waals surface area contributed by atoms with Crippen molar-refractivity contribution in [3.8, 4) is 0 Å². The summed E-state index contributed by atoms with van der Waals surface area (Å²) in [5.74, 6) is -0.00990. The molecule has 4 nitrogen and oxygen atoms in total. The topological polar surface area (TPSA) is 49.8 Å². The predicted molar refractivity (Wildman–Crippen MR) is 64.9 cm³/mol. The molecule has 3 atom stereocenters. The summed E-state index contributed by atoms with van der Waals surface area (Å²) >= 11 is 0. The van der Waals surface area contributed by atoms with E-state index >= 15 is 0 Å². The summed E-state index contributed by atoms with van der Waals surface area (Å²) in [4.78, 5) is 13.9. The SMILES string of the molecule is CC1CC(C)N(CC2(C(=O)O)CCCOC2)C1. The van der Waals surface area contributed by atoms with Crippen LogP contribution in [0.1, 0.15) is 33.1 Å². The average molecular weight is 241 g/mol. The lowest BCUT2D eigenvalue weighted by Gasteiger charge is -2.37. The Labute approximate surface area is 103 Å². The summed E-state index contributed by atoms with van der Waals surface area (Å²) < 4.78 is 5.41. The minimum absolute atomic E-state index is 0.375. The summed E-state index contributed by atoms with van der Waals surface area (Å²) in [6.45, 7) is 7.19. The number of likely N-dealkylation sites (tertiary alicyclic amines) is 1. The summed E-state index contributed by atoms with van der Waals surface area (Å²) in [6, 6.07) is 0.503. The van der Waals surface area contributed by atoms with E-state index < -0.39 is 11.4 Å². The van der Waals surface area contributed by atoms with Crippen LogP contribution in [0.25, 0.3) is 0 Å². The monoisotopic (exact) mass is 241 g/mol. The minimum atomic E-state index is -0.691. The summed E-state index contributed by atoms with van der Waals surface area (Å²) in [5, 5.41) is 9.49. The predicted octanol–water partition coefficient (Wildman–Crippen LogP) is 1.60. The van der Waals surface area contributed by atoms with Crippen molar-refractivity contribution in [2.45, 2.75) is 39.2 Å². The maximum absolute atomic E-state index is 11.5. The van der Waals surface area contributed by atoms with Crippen molar-refractivity contribution in [3.05, 3.63) is 0 Å². The zero-order valence-corrected chi connectivity index (χ0v) is 10.8. The first-order valence-corrected chi connectivity index (χ1v) is 6.59. The van der Waals surface area contributed by atoms with Crippen molar-refractivity contribution in [2.24, 2.45) is 11.3 Å². The smallest absolute Gasteiger partial charge is 0.313 e. The van der Waals surface area contributed by atoms with E-state index in [0.717, 1.165) is 19.4 Å². The van der Waals surface area contributed by atoms with Gasteiger partial charge in [0.2, 0.25) is 0 Å². The Kier molecular flexibility index (Phi) is 3.73. The maximum Gasteiger partial charge on any atom is 0.313 e. The number of carboxylic acids is 1. The van der Waals surface area contributed by atoms with Gasteiger partial charge in [-0.1, -0.05) is 6.92 Å². The largest absolute Gasteiger partial charge is 0.481 e. The first kappa shape index (κ1) is 12.8. The summed E-state index contributed by atoms with van der Waals surface area (Å²) in [6.07, 6.45) is 2.79. The van der Waals surface area contributed by atoms with E-state index in [1.54, 1.807) is 0 Å². The van der Waals surface area contributed by atoms with E-state index in [4.69, 9.17) is 4.74 Å². The molecule has 2 rings (SSSR count). The molecule has 0 saturated carbocycles. The molecule has 98 valence electrons. The molecule has 2 aliphatic heterocycles. The Morgan fingerprint density at radius 3 is 2.76 bits per heavy atom. The van der Waals surface area contributed by atoms with Gasteiger partial charge < -0.3 is 9.84 Å². The Morgan fingerprint density at radius 2 is 2.29 bits per heavy atom. The van der Waals surface area contributed by atoms with Gasteiger partial charge in [0.15, 0.2) is 0 Å². The number of carboxylic acid groups (broad SMARTS) is 1. The van der Waals surface area contributed by atoms with Gasteiger partial charge in [0, 0.05) is 25.7 Å². The van der Waals surface area contributed by atoms with E-state index in [1.165, 1.54) is 6.42 Å². The molecule has 3 unspecified atom stereocenters. The molecule has 0 radical (unpaired) electrons. The van der Waals surface area contributed by atoms with Gasteiger partial charge in [-0.3, -0.25) is 9.69 Å². The van der Waals surface area contributed by atoms with Crippen molar-refractivity contribution >= 4 is 5.97 Å². The second-order valence-electron chi connectivity index (χ2n) is 5.86. The third-order valence-electron chi connectivity index (χ3n) is 4.19. The van der Waals surface area contributed by atoms with Gasteiger partial charge in [0.05, 0.1) is 6.61 Å². The van der Waals surface area contributed by atoms with E-state index in [0.29, 0.717) is 31.7 Å². The molecule has 0 bridgehead atoms. The molecule has 0 aliphatic carbocycles. The number of hydrogen-bond acceptors (Lipinski definition) is 3. The number of carbonyl (C=O) groups is 1. The molecule has 17 heavy (non-hydrogen) atoms. The Bertz CT molecular complexity index is 286. The number of nitrogens with zero attached hydrogens (tertiary/aromatic N) is 1. The standard InChI is InChI=1S/C13H23NO3/c1-10-6-11(2)14(7-10)8-13(12(15)16)4-3-5-17-9-13/h10-11H,3-9H2,1-2H3,(H,15,16). The zero-order chi connectivity index (χ0) is 12.5. The quantitative estimate of drug-likeness (QED) is 0.815. The highest BCUT2D eigenvalue weighted by atomic mass is 16.5. The average Bonchev–Trinajstić information content (AvgIpc) is 2.58. The fourth-order valence-electron chi connectivity index (χ4n) is 3.21. The minimum Gasteiger partial charge on any atom is -0.481 e. The van der Waals surface area contributed by atoms with Crippen LogP contribution in [0.4, 0.5) is 0 Å². The lowest BCUT2D eigenvalue weighted by Crippen LogP contribution is -2.49. The molecular formula is C13H23NO3. The highest BCUT2D eigenvalue weighted by molar-refractivity contribution is 5.75. The second kappa shape index (κ2) is 4.94. The third kappa shape index (κ3) is 2.63. The van der Waals surface area contributed by atoms with E-state index in [2.05, 4.69) is 18.7 Å². The van der Waals surface area contributed by atoms with E-state index in [-0.39, 0.29) is 0 Å². The van der Waals surface area contributed by atoms with Crippen LogP contribution < -0.4 is 0 Å². The van der Waals surface area contributed by atoms with Crippen molar-refractivity contribution in [2.75, 3.05) is 26.3 Å². The van der Waals surface area contributed by atoms with Gasteiger partial charge in [0.25, 0.3) is 0 Å². The molecule has 2 fully saturated rings. The fourth-order valence-corrected chi connectivity index (χ4v) is 3.21. The van der Waals surface area contributed by atoms with Gasteiger partial charge in [-0.05, 0) is 32.1 Å². The highest BCUT2D eigenvalue weighted by Crippen LogP contribution is 2.33. The normalized spacial score (nSPS) is 39.4. The number of ether oxygens (including phenoxy) is 1. The Morgan fingerprint density at radius 1 is 1.53 bits per heavy atom. The molecule has 4 heteroatoms. The van der Waals surface area contributed by atoms with Gasteiger partial charge in [0.1, 0.15) is 5.41 Å². The molecular weight excluding hydrogens is 218 g/mol. The second-order valence-corrected chi connectivity index (χ2v) is 5.86. The Balaban J connectivity index is 2.05. The van der Waals surface area contributed by atoms with Crippen LogP contribution in [0.2, 0.25) is 0 Å². The van der Waals surface area contributed by atoms with Crippen molar-refractivity contribution in [3.63, 3.8) is 0 Å². The van der Waals surface area contributed by atoms with Crippen molar-refractivity contribution in [1.29, 1.82) is 0 Å². The Hall–Kier alpha value is -0.610. The number of rotatable bonds is 3. The molecule has 0 amide bonds. The molecule has 0 aromatic carbocycles. The maximum atomic E-state index is 11.5. The van der Waals surface area contributed by atoms with E-state index in [9.17, 15) is 9.90 Å². The zero-order valence-electron chi connectivity index (χ0n) is 10.8. The van der Waals surface area contributed by atoms with E-state index in [1.807, 2.05) is 0 Å². The van der Waals surface area contributed by atoms with Crippen LogP contribution in [0.3, 0.4) is 0 Å². The molecule has 0 aromatic heterocycles. The molecule has 2 heterocycles. The first-order valence-electron chi connectivity index (χ1n) is 6.59. The van der Waals surface area contributed by atoms with Crippen molar-refractivity contribution < 1.29 is 14.6 Å². The number of aliphatic carboxylic acids is 1. The lowest BCUT2D eigenvalue weighted by atomic mass is 9.82. The molecule has 0 aromatic rings. The van der Waals surface area contributed by atoms with Gasteiger partial charge in [-0.15, -0.1) is 0 Å². The fraction of sp³-hybridized carbons (Fsp3) is 0.923. The molecule has 0 spiro atoms. The van der Waals surface area contributed by atoms with Crippen LogP contribution >= 0.6 is 0 Å². The van der Waals surface area contributed by atoms with Gasteiger partial charge >= 0.3 is 5.97 Å². The lowest BCUT2D eigenvalue weighted by molar-refractivity contribution is -0.159. The van der Waals surface area contributed by atoms with Gasteiger partial charge in [-0.2, -0.15) is 0 Å². The van der Waals surface area contributed by atoms with Crippen LogP contribution in [0.15, 0.2) is 0 Å². The number of hydrogen-bond donors (Lipinski definition) is 1. The summed E-state index contributed by atoms with van der Waals surface area (Å²) in [7, 11) is 0. The highest BCUT2D eigenvalue weighted by Gasteiger charge is 2.44. The molecule has 1 N–H and O–H groups in total. The summed E-state index contributed by atoms with van der Waals surface area (Å²) in [5.41, 5.74) is -0.670. The van der Waals surface area contributed by atoms with Crippen LogP contribution in [-0.4, -0.2) is 48.3 Å². The first-order chi connectivity index (χ1) is 8.03.